The molecule has 1 amide bonds. The second-order valence-electron chi connectivity index (χ2n) is 7.18. The van der Waals surface area contributed by atoms with Gasteiger partial charge in [-0.2, -0.15) is 5.26 Å². The zero-order chi connectivity index (χ0) is 19.3. The Balaban J connectivity index is 1.25. The highest BCUT2D eigenvalue weighted by atomic mass is 16.2. The van der Waals surface area contributed by atoms with E-state index in [1.165, 1.54) is 0 Å². The predicted molar refractivity (Wildman–Crippen MR) is 106 cm³/mol. The summed E-state index contributed by atoms with van der Waals surface area (Å²) < 4.78 is 0. The normalized spacial score (nSPS) is 22.9. The van der Waals surface area contributed by atoms with Crippen molar-refractivity contribution in [3.63, 3.8) is 0 Å². The van der Waals surface area contributed by atoms with Crippen LogP contribution in [0, 0.1) is 29.2 Å². The van der Waals surface area contributed by atoms with E-state index in [-0.39, 0.29) is 5.91 Å². The third-order valence-corrected chi connectivity index (χ3v) is 5.53. The topological polar surface area (TPSA) is 93.4 Å². The second kappa shape index (κ2) is 8.09. The summed E-state index contributed by atoms with van der Waals surface area (Å²) in [5.74, 6) is 2.37. The zero-order valence-corrected chi connectivity index (χ0v) is 15.5. The van der Waals surface area contributed by atoms with Crippen molar-refractivity contribution in [3.05, 3.63) is 60.4 Å². The third kappa shape index (κ3) is 3.96. The molecule has 1 aliphatic heterocycles. The number of aromatic nitrogens is 1. The van der Waals surface area contributed by atoms with Gasteiger partial charge < -0.3 is 10.2 Å². The molecule has 0 spiro atoms. The fourth-order valence-corrected chi connectivity index (χ4v) is 4.07. The molecular formula is C21H22N6O. The number of nitriles is 1. The number of likely N-dealkylation sites (tertiary alicyclic amines) is 1. The number of hydrogen-bond donors (Lipinski definition) is 2. The lowest BCUT2D eigenvalue weighted by atomic mass is 10.1. The van der Waals surface area contributed by atoms with Crippen molar-refractivity contribution < 1.29 is 4.79 Å². The number of nitrogens with zero attached hydrogens (tertiary/aromatic N) is 4. The summed E-state index contributed by atoms with van der Waals surface area (Å²) >= 11 is 0. The van der Waals surface area contributed by atoms with Crippen molar-refractivity contribution in [1.82, 2.24) is 15.2 Å². The Kier molecular flexibility index (Phi) is 5.20. The van der Waals surface area contributed by atoms with Crippen molar-refractivity contribution >= 4 is 17.6 Å². The summed E-state index contributed by atoms with van der Waals surface area (Å²) in [5, 5.41) is 14.6. The lowest BCUT2D eigenvalue weighted by Gasteiger charge is -2.19. The van der Waals surface area contributed by atoms with E-state index in [1.807, 2.05) is 53.6 Å². The van der Waals surface area contributed by atoms with E-state index < -0.39 is 0 Å². The smallest absolute Gasteiger partial charge is 0.253 e. The molecular weight excluding hydrogens is 352 g/mol. The number of aliphatic imine (C=N–C) groups is 1. The van der Waals surface area contributed by atoms with Gasteiger partial charge in [0.15, 0.2) is 6.19 Å². The Morgan fingerprint density at radius 3 is 2.57 bits per heavy atom. The van der Waals surface area contributed by atoms with Gasteiger partial charge in [0.25, 0.3) is 5.91 Å². The molecule has 1 aromatic carbocycles. The number of carbonyl (C=O) groups excluding carboxylic acids is 1. The van der Waals surface area contributed by atoms with Gasteiger partial charge in [0.1, 0.15) is 0 Å². The molecule has 1 aliphatic carbocycles. The maximum absolute atomic E-state index is 12.5. The number of piperidine rings is 1. The van der Waals surface area contributed by atoms with Crippen LogP contribution in [0.15, 0.2) is 59.9 Å². The summed E-state index contributed by atoms with van der Waals surface area (Å²) in [4.78, 5) is 22.9. The van der Waals surface area contributed by atoms with Crippen molar-refractivity contribution in [2.45, 2.75) is 6.42 Å². The van der Waals surface area contributed by atoms with E-state index in [4.69, 9.17) is 5.26 Å². The monoisotopic (exact) mass is 374 g/mol. The lowest BCUT2D eigenvalue weighted by Crippen LogP contribution is -2.31. The van der Waals surface area contributed by atoms with Crippen LogP contribution in [0.25, 0.3) is 0 Å². The first-order valence-corrected chi connectivity index (χ1v) is 9.47. The van der Waals surface area contributed by atoms with Crippen molar-refractivity contribution in [2.24, 2.45) is 22.7 Å². The molecule has 0 bridgehead atoms. The van der Waals surface area contributed by atoms with E-state index >= 15 is 0 Å². The van der Waals surface area contributed by atoms with Gasteiger partial charge in [0.2, 0.25) is 5.96 Å². The number of guanidine groups is 1. The van der Waals surface area contributed by atoms with Gasteiger partial charge >= 0.3 is 0 Å². The third-order valence-electron chi connectivity index (χ3n) is 5.53. The number of hydrogen-bond acceptors (Lipinski definition) is 4. The average molecular weight is 374 g/mol. The SMILES string of the molecule is N#CNC(=NCCC1[C@H]2CN(C(=O)c3ccccc3)C[C@@H]12)Nc1ccncc1. The maximum atomic E-state index is 12.5. The molecule has 1 unspecified atom stereocenters. The lowest BCUT2D eigenvalue weighted by molar-refractivity contribution is 0.0767. The minimum Gasteiger partial charge on any atom is -0.338 e. The van der Waals surface area contributed by atoms with Gasteiger partial charge in [0, 0.05) is 43.3 Å². The van der Waals surface area contributed by atoms with E-state index in [0.29, 0.717) is 30.3 Å². The fourth-order valence-electron chi connectivity index (χ4n) is 4.07. The van der Waals surface area contributed by atoms with Crippen LogP contribution in [0.5, 0.6) is 0 Å². The molecule has 2 heterocycles. The Morgan fingerprint density at radius 1 is 1.18 bits per heavy atom. The first-order chi connectivity index (χ1) is 13.8. The maximum Gasteiger partial charge on any atom is 0.253 e. The minimum atomic E-state index is 0.131. The van der Waals surface area contributed by atoms with Crippen molar-refractivity contribution in [3.8, 4) is 6.19 Å². The van der Waals surface area contributed by atoms with Gasteiger partial charge in [-0.1, -0.05) is 18.2 Å². The molecule has 2 aromatic rings. The minimum absolute atomic E-state index is 0.131. The average Bonchev–Trinajstić information content (AvgIpc) is 3.18. The van der Waals surface area contributed by atoms with Crippen molar-refractivity contribution in [1.29, 1.82) is 5.26 Å². The number of amides is 1. The molecule has 1 saturated heterocycles. The van der Waals surface area contributed by atoms with Crippen LogP contribution in [0.4, 0.5) is 5.69 Å². The summed E-state index contributed by atoms with van der Waals surface area (Å²) in [6, 6.07) is 13.1. The number of pyridine rings is 1. The quantitative estimate of drug-likeness (QED) is 0.363. The number of carbonyl (C=O) groups is 1. The standard InChI is InChI=1S/C21H22N6O/c22-14-25-21(26-16-6-9-23-10-7-16)24-11-8-17-18-12-27(13-19(17)18)20(28)15-4-2-1-3-5-15/h1-7,9-10,17-19H,8,11-13H2,(H2,23,24,25,26)/t17?,18-,19+. The molecule has 2 fully saturated rings. The molecule has 2 aliphatic rings. The number of rotatable bonds is 5. The fraction of sp³-hybridized carbons (Fsp3) is 0.333. The van der Waals surface area contributed by atoms with E-state index in [9.17, 15) is 4.79 Å². The number of anilines is 1. The summed E-state index contributed by atoms with van der Waals surface area (Å²) in [6.45, 7) is 2.32. The predicted octanol–water partition coefficient (Wildman–Crippen LogP) is 2.33. The van der Waals surface area contributed by atoms with Crippen molar-refractivity contribution in [2.75, 3.05) is 25.0 Å². The van der Waals surface area contributed by atoms with Gasteiger partial charge in [-0.05, 0) is 48.4 Å². The largest absolute Gasteiger partial charge is 0.338 e. The summed E-state index contributed by atoms with van der Waals surface area (Å²) in [6.07, 6.45) is 6.24. The van der Waals surface area contributed by atoms with Crippen LogP contribution in [-0.2, 0) is 0 Å². The zero-order valence-electron chi connectivity index (χ0n) is 15.5. The Bertz CT molecular complexity index is 880. The molecule has 1 aromatic heterocycles. The van der Waals surface area contributed by atoms with E-state index in [1.54, 1.807) is 12.4 Å². The highest BCUT2D eigenvalue weighted by Crippen LogP contribution is 2.53. The highest BCUT2D eigenvalue weighted by molar-refractivity contribution is 5.95. The van der Waals surface area contributed by atoms with Crippen LogP contribution in [0.1, 0.15) is 16.8 Å². The Labute approximate surface area is 164 Å². The molecule has 7 heteroatoms. The van der Waals surface area contributed by atoms with Gasteiger partial charge in [-0.25, -0.2) is 0 Å². The molecule has 4 rings (SSSR count). The Hall–Kier alpha value is -3.40. The molecule has 0 radical (unpaired) electrons. The number of fused-ring (bicyclic) bond motifs is 1. The second-order valence-corrected chi connectivity index (χ2v) is 7.18. The molecule has 142 valence electrons. The van der Waals surface area contributed by atoms with E-state index in [2.05, 4.69) is 20.6 Å². The first kappa shape index (κ1) is 18.0. The first-order valence-electron chi connectivity index (χ1n) is 9.47. The van der Waals surface area contributed by atoms with Crippen LogP contribution in [-0.4, -0.2) is 41.4 Å². The number of benzene rings is 1. The molecule has 2 N–H and O–H groups in total. The van der Waals surface area contributed by atoms with Gasteiger partial charge in [0.05, 0.1) is 0 Å². The summed E-state index contributed by atoms with van der Waals surface area (Å²) in [5.41, 5.74) is 1.59. The van der Waals surface area contributed by atoms with E-state index in [0.717, 1.165) is 30.8 Å². The van der Waals surface area contributed by atoms with Crippen LogP contribution < -0.4 is 10.6 Å². The van der Waals surface area contributed by atoms with Gasteiger partial charge in [-0.15, -0.1) is 0 Å². The molecule has 3 atom stereocenters. The molecule has 28 heavy (non-hydrogen) atoms. The summed E-state index contributed by atoms with van der Waals surface area (Å²) in [7, 11) is 0. The van der Waals surface area contributed by atoms with Crippen LogP contribution >= 0.6 is 0 Å². The Morgan fingerprint density at radius 2 is 1.89 bits per heavy atom. The molecule has 1 saturated carbocycles. The number of nitrogens with one attached hydrogen (secondary N) is 2. The van der Waals surface area contributed by atoms with Crippen LogP contribution in [0.3, 0.4) is 0 Å². The highest BCUT2D eigenvalue weighted by Gasteiger charge is 2.55. The van der Waals surface area contributed by atoms with Gasteiger partial charge in [-0.3, -0.25) is 20.1 Å². The molecule has 7 nitrogen and oxygen atoms in total. The van der Waals surface area contributed by atoms with Crippen LogP contribution in [0.2, 0.25) is 0 Å².